The standard InChI is InChI=1S/C21H30FN7O/c1-21(2,3)15-10-16(27-26-15)23-19-17(22)20(25-18(24-19)13-4-5-13)29-8-6-28(7-9-29)14-11-30-12-14/h10,13-14H,4-9,11-12H2,1-3H3,(H2,23,24,25,26,27). The Morgan fingerprint density at radius 2 is 1.87 bits per heavy atom. The van der Waals surface area contributed by atoms with Crippen LogP contribution in [0.1, 0.15) is 51.0 Å². The number of ether oxygens (including phenoxy) is 1. The summed E-state index contributed by atoms with van der Waals surface area (Å²) in [6, 6.07) is 2.43. The highest BCUT2D eigenvalue weighted by Gasteiger charge is 2.33. The Kier molecular flexibility index (Phi) is 4.89. The summed E-state index contributed by atoms with van der Waals surface area (Å²) in [5.74, 6) is 1.85. The third-order valence-electron chi connectivity index (χ3n) is 6.18. The number of aromatic nitrogens is 4. The number of anilines is 3. The van der Waals surface area contributed by atoms with Gasteiger partial charge in [-0.25, -0.2) is 9.97 Å². The molecule has 30 heavy (non-hydrogen) atoms. The van der Waals surface area contributed by atoms with Crippen molar-refractivity contribution in [1.29, 1.82) is 0 Å². The molecule has 4 heterocycles. The molecule has 9 heteroatoms. The maximum atomic E-state index is 15.5. The summed E-state index contributed by atoms with van der Waals surface area (Å²) in [5.41, 5.74) is 0.922. The van der Waals surface area contributed by atoms with E-state index in [4.69, 9.17) is 4.74 Å². The molecular formula is C21H30FN7O. The zero-order valence-corrected chi connectivity index (χ0v) is 17.9. The summed E-state index contributed by atoms with van der Waals surface area (Å²) < 4.78 is 20.8. The molecule has 0 amide bonds. The van der Waals surface area contributed by atoms with E-state index in [2.05, 4.69) is 56.1 Å². The van der Waals surface area contributed by atoms with Gasteiger partial charge in [0.15, 0.2) is 17.5 Å². The lowest BCUT2D eigenvalue weighted by molar-refractivity contribution is -0.0661. The summed E-state index contributed by atoms with van der Waals surface area (Å²) in [5, 5.41) is 10.4. The van der Waals surface area contributed by atoms with E-state index in [-0.39, 0.29) is 11.2 Å². The molecule has 0 spiro atoms. The van der Waals surface area contributed by atoms with E-state index in [0.717, 1.165) is 63.8 Å². The van der Waals surface area contributed by atoms with Crippen molar-refractivity contribution in [3.63, 3.8) is 0 Å². The summed E-state index contributed by atoms with van der Waals surface area (Å²) >= 11 is 0. The molecule has 1 aliphatic carbocycles. The highest BCUT2D eigenvalue weighted by Crippen LogP contribution is 2.40. The second-order valence-corrected chi connectivity index (χ2v) is 9.60. The first-order chi connectivity index (χ1) is 14.4. The van der Waals surface area contributed by atoms with Gasteiger partial charge >= 0.3 is 0 Å². The first kappa shape index (κ1) is 19.7. The zero-order chi connectivity index (χ0) is 20.9. The molecule has 2 aliphatic heterocycles. The van der Waals surface area contributed by atoms with Crippen LogP contribution in [-0.4, -0.2) is 70.5 Å². The number of piperazine rings is 1. The fourth-order valence-corrected chi connectivity index (χ4v) is 3.89. The molecule has 5 rings (SSSR count). The normalized spacial score (nSPS) is 21.0. The number of H-pyrrole nitrogens is 1. The predicted octanol–water partition coefficient (Wildman–Crippen LogP) is 2.78. The van der Waals surface area contributed by atoms with Gasteiger partial charge in [-0.1, -0.05) is 20.8 Å². The first-order valence-electron chi connectivity index (χ1n) is 10.9. The Hall–Kier alpha value is -2.26. The molecule has 3 aliphatic rings. The van der Waals surface area contributed by atoms with E-state index in [1.54, 1.807) is 0 Å². The highest BCUT2D eigenvalue weighted by molar-refractivity contribution is 5.59. The van der Waals surface area contributed by atoms with Crippen LogP contribution in [0, 0.1) is 5.82 Å². The smallest absolute Gasteiger partial charge is 0.208 e. The van der Waals surface area contributed by atoms with E-state index >= 15 is 4.39 Å². The fourth-order valence-electron chi connectivity index (χ4n) is 3.89. The third-order valence-corrected chi connectivity index (χ3v) is 6.18. The van der Waals surface area contributed by atoms with Crippen molar-refractivity contribution < 1.29 is 9.13 Å². The van der Waals surface area contributed by atoms with Crippen LogP contribution in [0.25, 0.3) is 0 Å². The van der Waals surface area contributed by atoms with Crippen molar-refractivity contribution in [2.45, 2.75) is 51.0 Å². The number of halogens is 1. The van der Waals surface area contributed by atoms with Crippen molar-refractivity contribution in [2.75, 3.05) is 49.6 Å². The van der Waals surface area contributed by atoms with Crippen LogP contribution in [0.5, 0.6) is 0 Å². The van der Waals surface area contributed by atoms with Gasteiger partial charge in [-0.05, 0) is 12.8 Å². The van der Waals surface area contributed by atoms with Crippen molar-refractivity contribution in [2.24, 2.45) is 0 Å². The topological polar surface area (TPSA) is 82.2 Å². The Labute approximate surface area is 176 Å². The molecule has 3 fully saturated rings. The van der Waals surface area contributed by atoms with Crippen LogP contribution in [0.2, 0.25) is 0 Å². The zero-order valence-electron chi connectivity index (χ0n) is 17.9. The van der Waals surface area contributed by atoms with Gasteiger partial charge in [0.1, 0.15) is 5.82 Å². The van der Waals surface area contributed by atoms with E-state index in [9.17, 15) is 0 Å². The second kappa shape index (κ2) is 7.46. The number of aromatic amines is 1. The molecule has 0 aromatic carbocycles. The monoisotopic (exact) mass is 415 g/mol. The minimum absolute atomic E-state index is 0.0629. The van der Waals surface area contributed by atoms with Crippen molar-refractivity contribution in [3.05, 3.63) is 23.4 Å². The molecule has 8 nitrogen and oxygen atoms in total. The van der Waals surface area contributed by atoms with E-state index in [1.807, 2.05) is 6.07 Å². The minimum atomic E-state index is -0.403. The van der Waals surface area contributed by atoms with E-state index in [0.29, 0.717) is 23.6 Å². The van der Waals surface area contributed by atoms with Crippen LogP contribution >= 0.6 is 0 Å². The van der Waals surface area contributed by atoms with Crippen molar-refractivity contribution >= 4 is 17.5 Å². The molecule has 0 radical (unpaired) electrons. The summed E-state index contributed by atoms with van der Waals surface area (Å²) in [6.45, 7) is 11.2. The molecule has 2 saturated heterocycles. The lowest BCUT2D eigenvalue weighted by Gasteiger charge is -2.42. The molecule has 2 aromatic rings. The maximum absolute atomic E-state index is 15.5. The minimum Gasteiger partial charge on any atom is -0.378 e. The molecule has 0 bridgehead atoms. The fraction of sp³-hybridized carbons (Fsp3) is 0.667. The molecule has 162 valence electrons. The average molecular weight is 416 g/mol. The molecular weight excluding hydrogens is 385 g/mol. The van der Waals surface area contributed by atoms with Crippen LogP contribution in [-0.2, 0) is 10.2 Å². The van der Waals surface area contributed by atoms with Gasteiger partial charge in [-0.2, -0.15) is 9.49 Å². The maximum Gasteiger partial charge on any atom is 0.208 e. The van der Waals surface area contributed by atoms with E-state index in [1.165, 1.54) is 0 Å². The van der Waals surface area contributed by atoms with Gasteiger partial charge < -0.3 is 15.0 Å². The number of nitrogens with zero attached hydrogens (tertiary/aromatic N) is 5. The van der Waals surface area contributed by atoms with Gasteiger partial charge in [0.2, 0.25) is 5.82 Å². The first-order valence-corrected chi connectivity index (χ1v) is 10.9. The molecule has 2 N–H and O–H groups in total. The predicted molar refractivity (Wildman–Crippen MR) is 113 cm³/mol. The summed E-state index contributed by atoms with van der Waals surface area (Å²) in [7, 11) is 0. The van der Waals surface area contributed by atoms with Gasteiger partial charge in [0.05, 0.1) is 19.3 Å². The molecule has 0 atom stereocenters. The van der Waals surface area contributed by atoms with Crippen molar-refractivity contribution in [3.8, 4) is 0 Å². The summed E-state index contributed by atoms with van der Waals surface area (Å²) in [6.07, 6.45) is 2.13. The van der Waals surface area contributed by atoms with Gasteiger partial charge in [0, 0.05) is 49.3 Å². The number of hydrogen-bond acceptors (Lipinski definition) is 7. The quantitative estimate of drug-likeness (QED) is 0.777. The molecule has 0 unspecified atom stereocenters. The Morgan fingerprint density at radius 1 is 1.13 bits per heavy atom. The highest BCUT2D eigenvalue weighted by atomic mass is 19.1. The van der Waals surface area contributed by atoms with Crippen LogP contribution < -0.4 is 10.2 Å². The average Bonchev–Trinajstić information content (AvgIpc) is 3.40. The van der Waals surface area contributed by atoms with Gasteiger partial charge in [-0.15, -0.1) is 0 Å². The van der Waals surface area contributed by atoms with Crippen LogP contribution in [0.4, 0.5) is 21.8 Å². The van der Waals surface area contributed by atoms with Crippen LogP contribution in [0.15, 0.2) is 6.07 Å². The largest absolute Gasteiger partial charge is 0.378 e. The van der Waals surface area contributed by atoms with Gasteiger partial charge in [0.25, 0.3) is 0 Å². The van der Waals surface area contributed by atoms with Gasteiger partial charge in [-0.3, -0.25) is 10.00 Å². The Bertz CT molecular complexity index is 909. The summed E-state index contributed by atoms with van der Waals surface area (Å²) in [4.78, 5) is 13.6. The molecule has 2 aromatic heterocycles. The third kappa shape index (κ3) is 3.88. The lowest BCUT2D eigenvalue weighted by atomic mass is 9.92. The number of rotatable bonds is 5. The van der Waals surface area contributed by atoms with E-state index < -0.39 is 5.82 Å². The van der Waals surface area contributed by atoms with Crippen molar-refractivity contribution in [1.82, 2.24) is 25.1 Å². The Morgan fingerprint density at radius 3 is 2.43 bits per heavy atom. The second-order valence-electron chi connectivity index (χ2n) is 9.60. The van der Waals surface area contributed by atoms with Crippen LogP contribution in [0.3, 0.4) is 0 Å². The number of hydrogen-bond donors (Lipinski definition) is 2. The number of nitrogens with one attached hydrogen (secondary N) is 2. The SMILES string of the molecule is CC(C)(C)c1cc(Nc2nc(C3CC3)nc(N3CCN(C4COC4)CC3)c2F)n[nH]1. The Balaban J connectivity index is 1.38. The lowest BCUT2D eigenvalue weighted by Crippen LogP contribution is -2.56. The molecule has 1 saturated carbocycles.